The van der Waals surface area contributed by atoms with E-state index in [0.717, 1.165) is 76.1 Å². The molecule has 4 aliphatic heterocycles. The van der Waals surface area contributed by atoms with E-state index in [1.165, 1.54) is 19.6 Å². The van der Waals surface area contributed by atoms with Crippen molar-refractivity contribution in [2.24, 2.45) is 0 Å². The first-order valence-electron chi connectivity index (χ1n) is 48.2. The molecule has 0 N–H and O–H groups in total. The van der Waals surface area contributed by atoms with E-state index >= 15 is 87.8 Å². The molecule has 0 spiro atoms. The van der Waals surface area contributed by atoms with Gasteiger partial charge < -0.3 is 19.6 Å². The monoisotopic (exact) mass is 1940 g/mol. The third-order valence-electron chi connectivity index (χ3n) is 36.3. The molecule has 4 saturated carbocycles. The Morgan fingerprint density at radius 3 is 0.577 bits per heavy atom. The average molecular weight is 1940 g/mol. The molecule has 4 aliphatic carbocycles. The highest BCUT2D eigenvalue weighted by Crippen LogP contribution is 2.70. The van der Waals surface area contributed by atoms with Crippen molar-refractivity contribution in [2.75, 3.05) is 19.6 Å². The summed E-state index contributed by atoms with van der Waals surface area (Å²) in [5.41, 5.74) is -2.66. The van der Waals surface area contributed by atoms with Gasteiger partial charge in [0.05, 0.1) is 22.2 Å². The Hall–Kier alpha value is -13.4. The summed E-state index contributed by atoms with van der Waals surface area (Å²) in [6, 6.07) is 57.4. The van der Waals surface area contributed by atoms with E-state index in [0.29, 0.717) is 155 Å². The van der Waals surface area contributed by atoms with Crippen molar-refractivity contribution in [3.05, 3.63) is 321 Å². The van der Waals surface area contributed by atoms with Gasteiger partial charge in [0.25, 0.3) is 0 Å². The van der Waals surface area contributed by atoms with Crippen molar-refractivity contribution in [1.29, 1.82) is 0 Å². The summed E-state index contributed by atoms with van der Waals surface area (Å²) in [4.78, 5) is 5.14. The van der Waals surface area contributed by atoms with Crippen LogP contribution in [0, 0.1) is 116 Å². The van der Waals surface area contributed by atoms with Crippen LogP contribution in [0.5, 0.6) is 0 Å². The number of rotatable bonds is 10. The van der Waals surface area contributed by atoms with Gasteiger partial charge in [-0.25, -0.2) is 87.8 Å². The fraction of sp³-hybridized carbons (Fsp3) is 0.271. The maximum absolute atomic E-state index is 16.8. The van der Waals surface area contributed by atoms with E-state index in [1.54, 1.807) is 76.2 Å². The van der Waals surface area contributed by atoms with E-state index in [4.69, 9.17) is 0 Å². The van der Waals surface area contributed by atoms with E-state index < -0.39 is 183 Å². The molecule has 17 aromatic rings. The van der Waals surface area contributed by atoms with E-state index in [2.05, 4.69) is 24.3 Å². The molecule has 0 aromatic heterocycles. The zero-order chi connectivity index (χ0) is 99.2. The summed E-state index contributed by atoms with van der Waals surface area (Å²) in [6.45, 7) is 15.0. The number of fused-ring (bicyclic) bond motifs is 18. The van der Waals surface area contributed by atoms with Gasteiger partial charge in [-0.05, 0) is 281 Å². The van der Waals surface area contributed by atoms with Crippen LogP contribution >= 0.6 is 0 Å². The maximum Gasteiger partial charge on any atom is 0.200 e. The van der Waals surface area contributed by atoms with Crippen LogP contribution in [-0.2, 0) is 21.7 Å². The van der Waals surface area contributed by atoms with Gasteiger partial charge in [0.15, 0.2) is 93.1 Å². The molecule has 8 unspecified atom stereocenters. The summed E-state index contributed by atoms with van der Waals surface area (Å²) < 4.78 is 322. The first kappa shape index (κ1) is 89.9. The summed E-state index contributed by atoms with van der Waals surface area (Å²) in [5.74, 6) is -42.0. The molecular formula is C118H86F20N4. The molecule has 0 bridgehead atoms. The second kappa shape index (κ2) is 30.1. The summed E-state index contributed by atoms with van der Waals surface area (Å²) in [5, 5.41) is 8.76. The number of anilines is 8. The first-order chi connectivity index (χ1) is 67.8. The molecule has 0 saturated heterocycles. The van der Waals surface area contributed by atoms with Gasteiger partial charge in [-0.2, -0.15) is 0 Å². The third kappa shape index (κ3) is 11.0. The first-order valence-corrected chi connectivity index (χ1v) is 48.2. The normalized spacial score (nSPS) is 23.9. The highest BCUT2D eigenvalue weighted by atomic mass is 19.2. The largest absolute Gasteiger partial charge is 0.329 e. The Balaban J connectivity index is 0.799. The van der Waals surface area contributed by atoms with Crippen molar-refractivity contribution in [3.63, 3.8) is 0 Å². The summed E-state index contributed by atoms with van der Waals surface area (Å²) >= 11 is 0. The Morgan fingerprint density at radius 2 is 0.373 bits per heavy atom. The molecule has 24 heteroatoms. The molecule has 4 fully saturated rings. The van der Waals surface area contributed by atoms with Gasteiger partial charge in [0, 0.05) is 44.4 Å². The van der Waals surface area contributed by atoms with Gasteiger partial charge in [0.1, 0.15) is 22.7 Å². The van der Waals surface area contributed by atoms with Crippen molar-refractivity contribution >= 4 is 110 Å². The number of hydrogen-bond donors (Lipinski definition) is 0. The van der Waals surface area contributed by atoms with E-state index in [1.807, 2.05) is 137 Å². The van der Waals surface area contributed by atoms with Crippen LogP contribution in [0.4, 0.5) is 133 Å². The number of hydrogen-bond acceptors (Lipinski definition) is 4. The molecule has 0 radical (unpaired) electrons. The molecule has 8 aliphatic rings. The number of halogens is 20. The predicted molar refractivity (Wildman–Crippen MR) is 517 cm³/mol. The molecule has 718 valence electrons. The van der Waals surface area contributed by atoms with Gasteiger partial charge in [-0.1, -0.05) is 213 Å². The Kier molecular flexibility index (Phi) is 19.1. The van der Waals surface area contributed by atoms with Gasteiger partial charge >= 0.3 is 0 Å². The molecule has 8 atom stereocenters. The lowest BCUT2D eigenvalue weighted by Crippen LogP contribution is -2.55. The Labute approximate surface area is 802 Å². The van der Waals surface area contributed by atoms with Crippen LogP contribution in [0.15, 0.2) is 182 Å². The molecule has 4 heterocycles. The fourth-order valence-corrected chi connectivity index (χ4v) is 28.6. The number of nitrogens with zero attached hydrogens (tertiary/aromatic N) is 4. The third-order valence-corrected chi connectivity index (χ3v) is 36.3. The molecule has 25 rings (SSSR count). The molecular weight excluding hydrogens is 1850 g/mol. The van der Waals surface area contributed by atoms with Gasteiger partial charge in [0.2, 0.25) is 23.3 Å². The predicted octanol–water partition coefficient (Wildman–Crippen LogP) is 35.2. The van der Waals surface area contributed by atoms with Crippen molar-refractivity contribution in [3.8, 4) is 66.8 Å². The summed E-state index contributed by atoms with van der Waals surface area (Å²) in [6.07, 6.45) is 7.56. The second-order valence-electron chi connectivity index (χ2n) is 42.3. The highest BCUT2D eigenvalue weighted by Gasteiger charge is 2.65. The van der Waals surface area contributed by atoms with Gasteiger partial charge in [-0.3, -0.25) is 0 Å². The lowest BCUT2D eigenvalue weighted by molar-refractivity contribution is 0.192. The van der Waals surface area contributed by atoms with Crippen LogP contribution in [0.25, 0.3) is 131 Å². The average Bonchev–Trinajstić information content (AvgIpc) is 1.49. The van der Waals surface area contributed by atoms with Crippen LogP contribution in [0.3, 0.4) is 0 Å². The van der Waals surface area contributed by atoms with Crippen molar-refractivity contribution < 1.29 is 87.8 Å². The minimum absolute atomic E-state index is 0.218. The van der Waals surface area contributed by atoms with E-state index in [9.17, 15) is 0 Å². The van der Waals surface area contributed by atoms with E-state index in [-0.39, 0.29) is 48.4 Å². The second-order valence-corrected chi connectivity index (χ2v) is 42.3. The van der Waals surface area contributed by atoms with Crippen LogP contribution < -0.4 is 19.6 Å². The quantitative estimate of drug-likeness (QED) is 0.0768. The molecule has 142 heavy (non-hydrogen) atoms. The topological polar surface area (TPSA) is 13.0 Å². The Bertz CT molecular complexity index is 7480. The summed E-state index contributed by atoms with van der Waals surface area (Å²) in [7, 11) is 0. The number of benzene rings is 15. The lowest BCUT2D eigenvalue weighted by atomic mass is 9.61. The molecule has 4 nitrogen and oxygen atoms in total. The zero-order valence-corrected chi connectivity index (χ0v) is 78.0. The minimum Gasteiger partial charge on any atom is -0.329 e. The zero-order valence-electron chi connectivity index (χ0n) is 78.0. The standard InChI is InChI=1S/C118H86F20N4/c1-111-43-15-19-47-115(111,5)139(107-99(131)91(123)87(119)92(124)100(107)132)73-39-27-57(51-69(73)111)61-31-35-65-81-66(36-32-62(79(61)81)58-28-40-74-70(52-58)112(2)44-16-20-48-116(112,6)140(74)108-101(133)93(125)88(120)94(126)102(108)134)84-78(56-25-13-10-14-26-56)86-68-38-34-64(60-30-42-76-72(54-60)114(4)46-18-22-50-118(114,8)142(76)110-105(137)97(129)90(122)98(130)106(110)138)80-63(33-37-67(82(68)80)85(86)77(83(65)84)55-23-11-9-12-24-55)59-29-41-75-71(53-59)113(3)45-17-21-49-117(113,7)141(75)109-103(135)95(127)89(121)96(128)104(109)136/h9-14,23-42,51-54H,15-22,43-50H2,1-8H3. The van der Waals surface area contributed by atoms with Crippen LogP contribution in [-0.4, -0.2) is 22.2 Å². The maximum atomic E-state index is 16.8. The smallest absolute Gasteiger partial charge is 0.200 e. The lowest BCUT2D eigenvalue weighted by Gasteiger charge is -2.50. The van der Waals surface area contributed by atoms with Gasteiger partial charge in [-0.15, -0.1) is 0 Å². The van der Waals surface area contributed by atoms with Crippen LogP contribution in [0.2, 0.25) is 0 Å². The molecule has 17 aromatic carbocycles. The van der Waals surface area contributed by atoms with Crippen LogP contribution in [0.1, 0.15) is 180 Å². The SMILES string of the molecule is CC12CCCCC1(C)N(c1c(F)c(F)c(F)c(F)c1F)c1ccc(-c3ccc4c5c(-c6ccccc6)c6c7ccc(-c8ccc9c(c8)C8(C)CCCCC8(C)N9c8c(F)c(F)c(F)c(F)c8F)c8c(-c9ccc%10c(c9)C9(C)CCCCC9(C)N%10c9c(F)c(F)c(F)c(F)c9F)ccc(c6c(-c6ccccc6)c5c5ccc(-c6ccc9c(c6)C6(C)CCCCC6(C)N9c6c(F)c(F)c(F)c(F)c6F)c3c45)c87)cc12. The highest BCUT2D eigenvalue weighted by molar-refractivity contribution is 6.48. The fourth-order valence-electron chi connectivity index (χ4n) is 28.6. The van der Waals surface area contributed by atoms with Crippen molar-refractivity contribution in [1.82, 2.24) is 0 Å². The Morgan fingerprint density at radius 1 is 0.183 bits per heavy atom. The minimum atomic E-state index is -2.31. The molecule has 0 amide bonds. The van der Waals surface area contributed by atoms with Crippen molar-refractivity contribution in [2.45, 2.75) is 202 Å².